The zero-order valence-corrected chi connectivity index (χ0v) is 34.7. The van der Waals surface area contributed by atoms with Gasteiger partial charge in [0.25, 0.3) is 0 Å². The lowest BCUT2D eigenvalue weighted by Gasteiger charge is -2.27. The molecule has 244 valence electrons. The first-order chi connectivity index (χ1) is 23.5. The van der Waals surface area contributed by atoms with Crippen molar-refractivity contribution in [3.63, 3.8) is 0 Å². The first-order valence-electron chi connectivity index (χ1n) is 16.0. The van der Waals surface area contributed by atoms with Crippen molar-refractivity contribution in [2.24, 2.45) is 0 Å². The summed E-state index contributed by atoms with van der Waals surface area (Å²) in [5, 5.41) is 0. The molecule has 0 aromatic heterocycles. The van der Waals surface area contributed by atoms with E-state index in [1.807, 2.05) is 6.07 Å². The smallest absolute Gasteiger partial charge is 0.150 e. The maximum Gasteiger partial charge on any atom is 0.150 e. The van der Waals surface area contributed by atoms with E-state index in [-0.39, 0.29) is 0 Å². The van der Waals surface area contributed by atoms with Crippen LogP contribution in [0.3, 0.4) is 0 Å². The Balaban J connectivity index is 0.000000137. The molecule has 0 fully saturated rings. The molecule has 0 saturated carbocycles. The van der Waals surface area contributed by atoms with Crippen molar-refractivity contribution in [3.8, 4) is 22.3 Å². The number of rotatable bonds is 3. The third-order valence-electron chi connectivity index (χ3n) is 8.64. The van der Waals surface area contributed by atoms with Crippen molar-refractivity contribution < 1.29 is 4.79 Å². The van der Waals surface area contributed by atoms with Gasteiger partial charge in [-0.1, -0.05) is 180 Å². The van der Waals surface area contributed by atoms with E-state index in [1.165, 1.54) is 44.5 Å². The van der Waals surface area contributed by atoms with Gasteiger partial charge in [-0.25, -0.2) is 0 Å². The summed E-state index contributed by atoms with van der Waals surface area (Å²) in [4.78, 5) is 10.3. The maximum atomic E-state index is 10.3. The van der Waals surface area contributed by atoms with Crippen LogP contribution in [0.1, 0.15) is 43.7 Å². The topological polar surface area (TPSA) is 17.1 Å². The number of fused-ring (bicyclic) bond motifs is 6. The van der Waals surface area contributed by atoms with Crippen molar-refractivity contribution >= 4 is 89.7 Å². The maximum absolute atomic E-state index is 10.3. The van der Waals surface area contributed by atoms with Gasteiger partial charge in [0, 0.05) is 29.0 Å². The predicted octanol–water partition coefficient (Wildman–Crippen LogP) is 14.5. The van der Waals surface area contributed by atoms with Crippen molar-refractivity contribution in [2.45, 2.75) is 25.2 Å². The fourth-order valence-corrected chi connectivity index (χ4v) is 11.8. The molecule has 6 aromatic rings. The van der Waals surface area contributed by atoms with Crippen LogP contribution >= 0.6 is 63.7 Å². The highest BCUT2D eigenvalue weighted by molar-refractivity contribution is 9.11. The van der Waals surface area contributed by atoms with Gasteiger partial charge in [-0.05, 0) is 98.1 Å². The molecule has 0 radical (unpaired) electrons. The average Bonchev–Trinajstić information content (AvgIpc) is 3.58. The van der Waals surface area contributed by atoms with Gasteiger partial charge in [0.05, 0.1) is 8.07 Å². The van der Waals surface area contributed by atoms with Gasteiger partial charge in [-0.3, -0.25) is 4.79 Å². The predicted molar refractivity (Wildman–Crippen MR) is 225 cm³/mol. The third-order valence-corrected chi connectivity index (χ3v) is 12.8. The molecule has 49 heavy (non-hydrogen) atoms. The largest absolute Gasteiger partial charge is 0.298 e. The van der Waals surface area contributed by atoms with Crippen LogP contribution in [0.25, 0.3) is 33.9 Å². The molecule has 2 aliphatic carbocycles. The number of benzene rings is 6. The molecule has 0 atom stereocenters. The van der Waals surface area contributed by atoms with Crippen molar-refractivity contribution in [1.29, 1.82) is 0 Å². The minimum absolute atomic E-state index is 0.662. The van der Waals surface area contributed by atoms with E-state index < -0.39 is 8.07 Å². The Hall–Kier alpha value is -3.13. The Bertz CT molecular complexity index is 2060. The summed E-state index contributed by atoms with van der Waals surface area (Å²) >= 11 is 13.7. The van der Waals surface area contributed by atoms with E-state index in [4.69, 9.17) is 0 Å². The first kappa shape index (κ1) is 35.7. The molecule has 0 spiro atoms. The van der Waals surface area contributed by atoms with Crippen molar-refractivity contribution in [2.75, 3.05) is 0 Å². The molecule has 0 bridgehead atoms. The molecular formula is C43H34Br4OSi. The van der Waals surface area contributed by atoms with E-state index in [2.05, 4.69) is 205 Å². The lowest BCUT2D eigenvalue weighted by atomic mass is 10.0. The van der Waals surface area contributed by atoms with Gasteiger partial charge in [0.2, 0.25) is 0 Å². The van der Waals surface area contributed by atoms with Crippen LogP contribution in [0.15, 0.2) is 151 Å². The number of carbonyl (C=O) groups is 1. The molecule has 1 nitrogen and oxygen atoms in total. The Kier molecular flexibility index (Phi) is 11.2. The van der Waals surface area contributed by atoms with Crippen LogP contribution in [0.5, 0.6) is 0 Å². The third kappa shape index (κ3) is 8.10. The zero-order chi connectivity index (χ0) is 34.7. The summed E-state index contributed by atoms with van der Waals surface area (Å²) in [5.74, 6) is 0. The molecule has 6 aromatic carbocycles. The van der Waals surface area contributed by atoms with Crippen LogP contribution in [0.2, 0.25) is 19.6 Å². The molecule has 8 rings (SSSR count). The molecule has 0 saturated heterocycles. The average molecular weight is 914 g/mol. The Morgan fingerprint density at radius 1 is 0.469 bits per heavy atom. The van der Waals surface area contributed by atoms with E-state index in [0.29, 0.717) is 11.1 Å². The van der Waals surface area contributed by atoms with Crippen LogP contribution < -0.4 is 0 Å². The summed E-state index contributed by atoms with van der Waals surface area (Å²) in [5.41, 5.74) is 15.1. The van der Waals surface area contributed by atoms with E-state index in [1.54, 1.807) is 23.3 Å². The molecule has 0 unspecified atom stereocenters. The molecule has 0 aliphatic heterocycles. The monoisotopic (exact) mass is 910 g/mol. The summed E-state index contributed by atoms with van der Waals surface area (Å²) in [6.07, 6.45) is 3.08. The van der Waals surface area contributed by atoms with Crippen LogP contribution in [-0.4, -0.2) is 14.4 Å². The highest BCUT2D eigenvalue weighted by atomic mass is 79.9. The first-order valence-corrected chi connectivity index (χ1v) is 22.7. The second kappa shape index (κ2) is 15.4. The van der Waals surface area contributed by atoms with E-state index >= 15 is 0 Å². The molecule has 0 N–H and O–H groups in total. The molecule has 6 heteroatoms. The van der Waals surface area contributed by atoms with Crippen molar-refractivity contribution in [1.82, 2.24) is 0 Å². The highest BCUT2D eigenvalue weighted by Gasteiger charge is 2.37. The number of carbonyl (C=O) groups excluding carboxylic acids is 1. The fourth-order valence-electron chi connectivity index (χ4n) is 6.76. The molecule has 2 aliphatic rings. The molecule has 0 amide bonds. The van der Waals surface area contributed by atoms with E-state index in [0.717, 1.165) is 24.2 Å². The Labute approximate surface area is 324 Å². The quantitative estimate of drug-likeness (QED) is 0.128. The van der Waals surface area contributed by atoms with Crippen LogP contribution in [-0.2, 0) is 0 Å². The van der Waals surface area contributed by atoms with Gasteiger partial charge in [0.15, 0.2) is 0 Å². The lowest BCUT2D eigenvalue weighted by molar-refractivity contribution is 0.112. The summed E-state index contributed by atoms with van der Waals surface area (Å²) < 4.78 is 3.97. The second-order valence-corrected chi connectivity index (χ2v) is 22.1. The number of halogens is 4. The molecule has 0 heterocycles. The lowest BCUT2D eigenvalue weighted by Crippen LogP contribution is -2.30. The standard InChI is InChI=1S/C20H12Br2.C16H18Si.C7H4Br2O/c21-14-9-13(10-15(22)12-14)11-20-18-7-3-1-5-16(18)17-6-2-4-8-19(17)20;1-17(2,3)16-14-10-6-4-8-12(14)13-9-5-7-11-15(13)16;8-6-1-5(4-10)2-7(9)3-6/h1-12H;4-11,16H,1-3H3;1-4H. The van der Waals surface area contributed by atoms with Gasteiger partial charge >= 0.3 is 0 Å². The summed E-state index contributed by atoms with van der Waals surface area (Å²) in [7, 11) is -1.23. The Morgan fingerprint density at radius 3 is 1.20 bits per heavy atom. The van der Waals surface area contributed by atoms with Crippen molar-refractivity contribution in [3.05, 3.63) is 185 Å². The second-order valence-electron chi connectivity index (χ2n) is 13.1. The molecular weight excluding hydrogens is 880 g/mol. The van der Waals surface area contributed by atoms with E-state index in [9.17, 15) is 4.79 Å². The van der Waals surface area contributed by atoms with Gasteiger partial charge < -0.3 is 0 Å². The normalized spacial score (nSPS) is 12.3. The zero-order valence-electron chi connectivity index (χ0n) is 27.4. The van der Waals surface area contributed by atoms with Crippen LogP contribution in [0, 0.1) is 0 Å². The minimum atomic E-state index is -1.23. The number of aldehydes is 1. The summed E-state index contributed by atoms with van der Waals surface area (Å²) in [6.45, 7) is 7.41. The summed E-state index contributed by atoms with van der Waals surface area (Å²) in [6, 6.07) is 46.8. The van der Waals surface area contributed by atoms with Gasteiger partial charge in [0.1, 0.15) is 6.29 Å². The highest BCUT2D eigenvalue weighted by Crippen LogP contribution is 2.48. The number of hydrogen-bond acceptors (Lipinski definition) is 1. The van der Waals surface area contributed by atoms with Gasteiger partial charge in [-0.2, -0.15) is 0 Å². The fraction of sp³-hybridized carbons (Fsp3) is 0.0930. The Morgan fingerprint density at radius 2 is 0.816 bits per heavy atom. The van der Waals surface area contributed by atoms with Gasteiger partial charge in [-0.15, -0.1) is 0 Å². The minimum Gasteiger partial charge on any atom is -0.298 e. The number of hydrogen-bond donors (Lipinski definition) is 0. The SMILES string of the molecule is Brc1cc(Br)cc(C=C2c3ccccc3-c3ccccc32)c1.C[Si](C)(C)C1c2ccccc2-c2ccccc21.O=Cc1cc(Br)cc(Br)c1. The van der Waals surface area contributed by atoms with Crippen LogP contribution in [0.4, 0.5) is 0 Å².